The van der Waals surface area contributed by atoms with Gasteiger partial charge in [0.05, 0.1) is 0 Å². The molecule has 4 fully saturated rings. The van der Waals surface area contributed by atoms with Crippen LogP contribution in [0.5, 0.6) is 0 Å². The average Bonchev–Trinajstić information content (AvgIpc) is 2.85. The summed E-state index contributed by atoms with van der Waals surface area (Å²) in [4.78, 5) is 4.45. The fourth-order valence-electron chi connectivity index (χ4n) is 6.09. The highest BCUT2D eigenvalue weighted by atomic mass is 16.3. The van der Waals surface area contributed by atoms with Crippen LogP contribution in [0.4, 0.5) is 0 Å². The Balaban J connectivity index is 1.51. The largest absolute Gasteiger partial charge is 0.385 e. The Morgan fingerprint density at radius 3 is 2.43 bits per heavy atom. The maximum atomic E-state index is 10.8. The van der Waals surface area contributed by atoms with E-state index in [1.165, 1.54) is 38.5 Å². The van der Waals surface area contributed by atoms with Crippen LogP contribution in [-0.4, -0.2) is 14.7 Å². The number of aromatic nitrogens is 2. The van der Waals surface area contributed by atoms with Crippen LogP contribution in [0.2, 0.25) is 0 Å². The second-order valence-electron chi connectivity index (χ2n) is 8.12. The van der Waals surface area contributed by atoms with Crippen LogP contribution in [0.25, 0.3) is 0 Å². The zero-order valence-corrected chi connectivity index (χ0v) is 13.2. The van der Waals surface area contributed by atoms with Crippen LogP contribution in [-0.2, 0) is 6.54 Å². The zero-order chi connectivity index (χ0) is 14.4. The Morgan fingerprint density at radius 1 is 1.24 bits per heavy atom. The van der Waals surface area contributed by atoms with Gasteiger partial charge >= 0.3 is 0 Å². The number of rotatable bonds is 5. The maximum Gasteiger partial charge on any atom is 0.137 e. The third kappa shape index (κ3) is 2.44. The third-order valence-corrected chi connectivity index (χ3v) is 6.30. The predicted molar refractivity (Wildman–Crippen MR) is 82.7 cm³/mol. The van der Waals surface area contributed by atoms with Crippen molar-refractivity contribution >= 4 is 0 Å². The van der Waals surface area contributed by atoms with Crippen LogP contribution >= 0.6 is 0 Å². The van der Waals surface area contributed by atoms with Gasteiger partial charge in [-0.1, -0.05) is 6.92 Å². The van der Waals surface area contributed by atoms with Crippen LogP contribution in [0, 0.1) is 23.2 Å². The zero-order valence-electron chi connectivity index (χ0n) is 13.2. The van der Waals surface area contributed by atoms with Gasteiger partial charge in [-0.15, -0.1) is 0 Å². The van der Waals surface area contributed by atoms with E-state index in [1.54, 1.807) is 0 Å². The molecule has 0 saturated heterocycles. The van der Waals surface area contributed by atoms with Gasteiger partial charge in [0.25, 0.3) is 0 Å². The Hall–Kier alpha value is -0.830. The van der Waals surface area contributed by atoms with Gasteiger partial charge in [0.2, 0.25) is 0 Å². The molecule has 4 saturated carbocycles. The highest BCUT2D eigenvalue weighted by molar-refractivity contribution is 5.05. The molecular weight excluding hydrogens is 260 g/mol. The first-order chi connectivity index (χ1) is 10.2. The van der Waals surface area contributed by atoms with Gasteiger partial charge < -0.3 is 9.67 Å². The van der Waals surface area contributed by atoms with Crippen molar-refractivity contribution in [2.24, 2.45) is 23.2 Å². The van der Waals surface area contributed by atoms with E-state index in [0.717, 1.165) is 43.0 Å². The van der Waals surface area contributed by atoms with Crippen molar-refractivity contribution in [2.45, 2.75) is 70.9 Å². The van der Waals surface area contributed by atoms with Crippen LogP contribution in [0.1, 0.15) is 70.2 Å². The van der Waals surface area contributed by atoms with Crippen molar-refractivity contribution in [1.82, 2.24) is 9.55 Å². The monoisotopic (exact) mass is 288 g/mol. The summed E-state index contributed by atoms with van der Waals surface area (Å²) in [7, 11) is 0. The molecule has 1 N–H and O–H groups in total. The van der Waals surface area contributed by atoms with Gasteiger partial charge in [-0.3, -0.25) is 0 Å². The molecule has 0 radical (unpaired) electrons. The van der Waals surface area contributed by atoms with Crippen LogP contribution in [0.15, 0.2) is 12.4 Å². The first-order valence-corrected chi connectivity index (χ1v) is 8.86. The fraction of sp³-hybridized carbons (Fsp3) is 0.833. The Bertz CT molecular complexity index is 472. The summed E-state index contributed by atoms with van der Waals surface area (Å²) in [6, 6.07) is 0. The molecule has 1 atom stereocenters. The van der Waals surface area contributed by atoms with Crippen molar-refractivity contribution in [3.8, 4) is 0 Å². The Kier molecular flexibility index (Phi) is 3.36. The normalized spacial score (nSPS) is 38.9. The molecule has 1 aromatic heterocycles. The standard InChI is InChI=1S/C18H28N2O/c1-2-4-20-5-3-19-17(20)16(21)12-18-9-13-6-14(10-18)8-15(7-13)11-18/h3,5,13-16,21H,2,4,6-12H2,1H3. The Morgan fingerprint density at radius 2 is 1.86 bits per heavy atom. The fourth-order valence-corrected chi connectivity index (χ4v) is 6.09. The topological polar surface area (TPSA) is 38.0 Å². The van der Waals surface area contributed by atoms with Crippen molar-refractivity contribution in [3.05, 3.63) is 18.2 Å². The van der Waals surface area contributed by atoms with Crippen LogP contribution < -0.4 is 0 Å². The SMILES string of the molecule is CCCn1ccnc1C(O)CC12CC3CC(CC(C3)C1)C2. The summed E-state index contributed by atoms with van der Waals surface area (Å²) in [6.45, 7) is 3.14. The van der Waals surface area contributed by atoms with Gasteiger partial charge in [0, 0.05) is 18.9 Å². The van der Waals surface area contributed by atoms with E-state index in [2.05, 4.69) is 16.5 Å². The third-order valence-electron chi connectivity index (χ3n) is 6.30. The number of aliphatic hydroxyl groups is 1. The van der Waals surface area contributed by atoms with E-state index in [9.17, 15) is 5.11 Å². The van der Waals surface area contributed by atoms with Gasteiger partial charge in [-0.2, -0.15) is 0 Å². The molecule has 0 aliphatic heterocycles. The molecule has 4 aliphatic rings. The smallest absolute Gasteiger partial charge is 0.137 e. The first kappa shape index (κ1) is 13.8. The van der Waals surface area contributed by atoms with Crippen molar-refractivity contribution in [2.75, 3.05) is 0 Å². The molecule has 3 heteroatoms. The van der Waals surface area contributed by atoms with Gasteiger partial charge in [0.1, 0.15) is 11.9 Å². The summed E-state index contributed by atoms with van der Waals surface area (Å²) in [6.07, 6.45) is 14.0. The number of nitrogens with zero attached hydrogens (tertiary/aromatic N) is 2. The molecule has 3 nitrogen and oxygen atoms in total. The highest BCUT2D eigenvalue weighted by Crippen LogP contribution is 2.62. The Labute approximate surface area is 127 Å². The number of hydrogen-bond acceptors (Lipinski definition) is 2. The molecular formula is C18H28N2O. The van der Waals surface area contributed by atoms with E-state index in [4.69, 9.17) is 0 Å². The minimum Gasteiger partial charge on any atom is -0.385 e. The second-order valence-corrected chi connectivity index (χ2v) is 8.12. The van der Waals surface area contributed by atoms with E-state index < -0.39 is 0 Å². The number of aliphatic hydroxyl groups excluding tert-OH is 1. The lowest BCUT2D eigenvalue weighted by atomic mass is 9.48. The molecule has 1 unspecified atom stereocenters. The molecule has 5 rings (SSSR count). The van der Waals surface area contributed by atoms with Crippen molar-refractivity contribution in [3.63, 3.8) is 0 Å². The molecule has 0 spiro atoms. The maximum absolute atomic E-state index is 10.8. The lowest BCUT2D eigenvalue weighted by Crippen LogP contribution is -2.46. The van der Waals surface area contributed by atoms with E-state index in [1.807, 2.05) is 12.4 Å². The summed E-state index contributed by atoms with van der Waals surface area (Å²) in [5.41, 5.74) is 0.428. The average molecular weight is 288 g/mol. The molecule has 1 heterocycles. The number of hydrogen-bond donors (Lipinski definition) is 1. The minimum atomic E-state index is -0.372. The summed E-state index contributed by atoms with van der Waals surface area (Å²) < 4.78 is 2.14. The lowest BCUT2D eigenvalue weighted by molar-refractivity contribution is -0.0777. The van der Waals surface area contributed by atoms with E-state index in [0.29, 0.717) is 5.41 Å². The lowest BCUT2D eigenvalue weighted by Gasteiger charge is -2.57. The van der Waals surface area contributed by atoms with E-state index in [-0.39, 0.29) is 6.10 Å². The van der Waals surface area contributed by atoms with Crippen LogP contribution in [0.3, 0.4) is 0 Å². The molecule has 1 aromatic rings. The minimum absolute atomic E-state index is 0.372. The molecule has 116 valence electrons. The number of aryl methyl sites for hydroxylation is 1. The molecule has 4 bridgehead atoms. The highest BCUT2D eigenvalue weighted by Gasteiger charge is 2.51. The van der Waals surface area contributed by atoms with E-state index >= 15 is 0 Å². The quantitative estimate of drug-likeness (QED) is 0.891. The number of imidazole rings is 1. The van der Waals surface area contributed by atoms with Crippen molar-refractivity contribution in [1.29, 1.82) is 0 Å². The summed E-state index contributed by atoms with van der Waals surface area (Å²) in [5.74, 6) is 3.77. The molecule has 21 heavy (non-hydrogen) atoms. The van der Waals surface area contributed by atoms with Gasteiger partial charge in [-0.05, 0) is 74.5 Å². The first-order valence-electron chi connectivity index (χ1n) is 8.86. The van der Waals surface area contributed by atoms with Crippen molar-refractivity contribution < 1.29 is 5.11 Å². The summed E-state index contributed by atoms with van der Waals surface area (Å²) in [5, 5.41) is 10.8. The van der Waals surface area contributed by atoms with Gasteiger partial charge in [-0.25, -0.2) is 4.98 Å². The predicted octanol–water partition coefficient (Wildman–Crippen LogP) is 3.93. The molecule has 0 aromatic carbocycles. The van der Waals surface area contributed by atoms with Gasteiger partial charge in [0.15, 0.2) is 0 Å². The molecule has 4 aliphatic carbocycles. The summed E-state index contributed by atoms with van der Waals surface area (Å²) >= 11 is 0. The second kappa shape index (κ2) is 5.12. The molecule has 0 amide bonds.